The minimum Gasteiger partial charge on any atom is -0.595 e. The van der Waals surface area contributed by atoms with Gasteiger partial charge >= 0.3 is 0 Å². The number of hydrogen-bond donors (Lipinski definition) is 4. The first-order chi connectivity index (χ1) is 30.7. The normalized spacial score (nSPS) is 13.3. The van der Waals surface area contributed by atoms with Gasteiger partial charge in [0.25, 0.3) is 11.8 Å². The van der Waals surface area contributed by atoms with E-state index in [0.717, 1.165) is 11.1 Å². The van der Waals surface area contributed by atoms with Crippen molar-refractivity contribution in [2.75, 3.05) is 59.8 Å². The highest BCUT2D eigenvalue weighted by Gasteiger charge is 2.24. The second kappa shape index (κ2) is 23.0. The van der Waals surface area contributed by atoms with E-state index in [2.05, 4.69) is 25.6 Å². The van der Waals surface area contributed by atoms with Crippen molar-refractivity contribution >= 4 is 76.3 Å². The van der Waals surface area contributed by atoms with Gasteiger partial charge in [0, 0.05) is 50.8 Å². The molecule has 0 heterocycles. The van der Waals surface area contributed by atoms with Crippen molar-refractivity contribution in [2.45, 2.75) is 141 Å². The van der Waals surface area contributed by atoms with Gasteiger partial charge in [-0.15, -0.1) is 23.5 Å². The zero-order valence-corrected chi connectivity index (χ0v) is 43.4. The van der Waals surface area contributed by atoms with Crippen LogP contribution in [0.3, 0.4) is 0 Å². The highest BCUT2D eigenvalue weighted by molar-refractivity contribution is 7.99. The molecule has 2 amide bonds. The predicted octanol–water partition coefficient (Wildman–Crippen LogP) is 7.11. The van der Waals surface area contributed by atoms with E-state index in [-0.39, 0.29) is 53.9 Å². The van der Waals surface area contributed by atoms with Gasteiger partial charge in [0.1, 0.15) is 30.6 Å². The fourth-order valence-electron chi connectivity index (χ4n) is 5.76. The Morgan fingerprint density at radius 2 is 0.881 bits per heavy atom. The Kier molecular flexibility index (Phi) is 19.2. The lowest BCUT2D eigenvalue weighted by atomic mass is 9.86. The van der Waals surface area contributed by atoms with Gasteiger partial charge in [0.05, 0.1) is 40.8 Å². The Bertz CT molecular complexity index is 2160. The third-order valence-corrected chi connectivity index (χ3v) is 11.1. The topological polar surface area (TPSA) is 253 Å². The Labute approximate surface area is 405 Å². The molecule has 0 aliphatic heterocycles. The number of nitrogens with two attached hydrogens (primary N) is 2. The number of anilines is 4. The number of carbonyl (C=O) groups excluding carboxylic acids is 2. The van der Waals surface area contributed by atoms with Gasteiger partial charge in [0.15, 0.2) is 0 Å². The summed E-state index contributed by atoms with van der Waals surface area (Å²) in [6.07, 6.45) is -2.10. The van der Waals surface area contributed by atoms with E-state index in [0.29, 0.717) is 44.0 Å². The van der Waals surface area contributed by atoms with Crippen LogP contribution in [0.2, 0.25) is 0 Å². The van der Waals surface area contributed by atoms with Crippen LogP contribution < -0.4 is 42.2 Å². The molecule has 0 unspecified atom stereocenters. The fraction of sp³-hybridized carbons (Fsp3) is 0.531. The fourth-order valence-corrected chi connectivity index (χ4v) is 7.52. The zero-order chi connectivity index (χ0) is 50.7. The average Bonchev–Trinajstić information content (AvgIpc) is 3.15. The number of nitrogens with one attached hydrogen (secondary N) is 2. The summed E-state index contributed by atoms with van der Waals surface area (Å²) in [5.41, 5.74) is 14.0. The van der Waals surface area contributed by atoms with Crippen LogP contribution in [0.5, 0.6) is 5.75 Å². The molecule has 3 aromatic carbocycles. The number of nitrogens with zero attached hydrogens (tertiary/aromatic N) is 3. The quantitative estimate of drug-likeness (QED) is 0.0368. The molecule has 0 aliphatic rings. The monoisotopic (exact) mass is 964 g/mol. The summed E-state index contributed by atoms with van der Waals surface area (Å²) in [6, 6.07) is 11.8. The third-order valence-electron chi connectivity index (χ3n) is 8.83. The maximum absolute atomic E-state index is 14.4. The number of nitrogen functional groups attached to an aromatic ring is 2. The zero-order valence-electron chi connectivity index (χ0n) is 41.8. The Balaban J connectivity index is 2.07. The maximum Gasteiger partial charge on any atom is 0.255 e. The van der Waals surface area contributed by atoms with Crippen LogP contribution in [0.4, 0.5) is 22.7 Å². The van der Waals surface area contributed by atoms with Crippen LogP contribution in [0.1, 0.15) is 136 Å². The second-order valence-electron chi connectivity index (χ2n) is 20.7. The molecule has 0 saturated carbocycles. The van der Waals surface area contributed by atoms with Crippen LogP contribution in [0.15, 0.2) is 67.2 Å². The Morgan fingerprint density at radius 1 is 0.537 bits per heavy atom. The second-order valence-corrected chi connectivity index (χ2v) is 22.9. The van der Waals surface area contributed by atoms with Crippen LogP contribution in [0, 0.1) is 0 Å². The van der Waals surface area contributed by atoms with Crippen LogP contribution in [-0.2, 0) is 25.0 Å². The summed E-state index contributed by atoms with van der Waals surface area (Å²) in [5.74, 6) is -0.300. The van der Waals surface area contributed by atoms with Gasteiger partial charge in [-0.3, -0.25) is 24.6 Å². The molecule has 3 aromatic rings. The lowest BCUT2D eigenvalue weighted by Gasteiger charge is -2.29. The molecule has 0 aromatic heterocycles. The molecule has 0 aliphatic carbocycles. The van der Waals surface area contributed by atoms with Gasteiger partial charge < -0.3 is 56.4 Å². The largest absolute Gasteiger partial charge is 0.595 e. The molecule has 0 spiro atoms. The maximum atomic E-state index is 14.4. The van der Waals surface area contributed by atoms with Crippen LogP contribution >= 0.6 is 23.5 Å². The summed E-state index contributed by atoms with van der Waals surface area (Å²) in [6.45, 7) is 28.0. The summed E-state index contributed by atoms with van der Waals surface area (Å²) < 4.78 is 21.9. The number of aliphatic imine (C=N–C) groups is 3. The summed E-state index contributed by atoms with van der Waals surface area (Å²) in [5, 5.41) is 42.8. The molecule has 0 fully saturated rings. The van der Waals surface area contributed by atoms with Crippen molar-refractivity contribution in [3.05, 3.63) is 64.7 Å². The van der Waals surface area contributed by atoms with Gasteiger partial charge in [0.2, 0.25) is 0 Å². The van der Waals surface area contributed by atoms with Crippen molar-refractivity contribution < 1.29 is 43.9 Å². The number of ether oxygens (including phenoxy) is 4. The van der Waals surface area contributed by atoms with Gasteiger partial charge in [-0.2, -0.15) is 0 Å². The van der Waals surface area contributed by atoms with E-state index in [9.17, 15) is 24.9 Å². The van der Waals surface area contributed by atoms with Gasteiger partial charge in [-0.05, 0) is 64.4 Å². The van der Waals surface area contributed by atoms with Crippen molar-refractivity contribution in [3.8, 4) is 5.75 Å². The highest BCUT2D eigenvalue weighted by atomic mass is 32.2. The molecular formula is C49H70N7O9S2-3. The number of benzene rings is 3. The number of hydrogen-bond acceptors (Lipinski definition) is 16. The van der Waals surface area contributed by atoms with Crippen molar-refractivity contribution in [3.63, 3.8) is 0 Å². The van der Waals surface area contributed by atoms with E-state index in [1.165, 1.54) is 41.7 Å². The number of amides is 2. The van der Waals surface area contributed by atoms with E-state index in [4.69, 9.17) is 30.4 Å². The lowest BCUT2D eigenvalue weighted by Crippen LogP contribution is -2.32. The van der Waals surface area contributed by atoms with Gasteiger partial charge in [-0.25, -0.2) is 0 Å². The van der Waals surface area contributed by atoms with Crippen LogP contribution in [0.25, 0.3) is 0 Å². The molecule has 0 bridgehead atoms. The minimum absolute atomic E-state index is 0.0633. The van der Waals surface area contributed by atoms with E-state index >= 15 is 0 Å². The first-order valence-corrected chi connectivity index (χ1v) is 23.9. The molecular weight excluding hydrogens is 895 g/mol. The van der Waals surface area contributed by atoms with Gasteiger partial charge in [-0.1, -0.05) is 104 Å². The molecule has 18 heteroatoms. The number of carbonyl (C=O) groups is 2. The standard InChI is InChI=1S/C49H73N7O9S2/c1-45(2,3)31-25-34(50)38(66-20-17-53-43(60)64-48(10,11)12)36(27-31)55-40(57)29-22-30(24-33(23-29)62-19-16-52-42(59)63-47(7,8)9)41(58)56-37-28-32(46(4,5)6)26-35(51)39(37)67-21-18-54-44(61)65-49(13,14)15/h22-28H,16-21,50-51H2,1-15H3,(H,52,59)(H,53,60)(H,54,61)(H,55,57)(H,56,58)/p-3. The molecule has 0 radical (unpaired) electrons. The van der Waals surface area contributed by atoms with E-state index in [1.54, 1.807) is 62.3 Å². The molecule has 16 nitrogen and oxygen atoms in total. The number of thioether (sulfide) groups is 2. The smallest absolute Gasteiger partial charge is 0.255 e. The highest BCUT2D eigenvalue weighted by Crippen LogP contribution is 2.40. The first-order valence-electron chi connectivity index (χ1n) is 22.0. The van der Waals surface area contributed by atoms with Crippen molar-refractivity contribution in [1.82, 2.24) is 0 Å². The third kappa shape index (κ3) is 19.7. The molecule has 0 atom stereocenters. The minimum atomic E-state index is -0.753. The summed E-state index contributed by atoms with van der Waals surface area (Å²) >= 11 is 2.64. The lowest BCUT2D eigenvalue weighted by molar-refractivity contribution is -0.261. The number of rotatable bonds is 16. The summed E-state index contributed by atoms with van der Waals surface area (Å²) in [4.78, 5) is 41.8. The Hall–Kier alpha value is -5.49. The van der Waals surface area contributed by atoms with Crippen LogP contribution in [-0.4, -0.2) is 84.6 Å². The molecule has 3 rings (SSSR count). The van der Waals surface area contributed by atoms with E-state index in [1.807, 2.05) is 65.8 Å². The Morgan fingerprint density at radius 3 is 1.21 bits per heavy atom. The molecule has 67 heavy (non-hydrogen) atoms. The van der Waals surface area contributed by atoms with Crippen molar-refractivity contribution in [2.24, 2.45) is 15.0 Å². The molecule has 370 valence electrons. The van der Waals surface area contributed by atoms with Crippen molar-refractivity contribution in [1.29, 1.82) is 0 Å². The first kappa shape index (κ1) is 55.8. The molecule has 6 N–H and O–H groups in total. The molecule has 0 saturated heterocycles. The van der Waals surface area contributed by atoms with E-state index < -0.39 is 46.9 Å². The SMILES string of the molecule is CC(C)(C)OC([O-])=NCCOc1cc(C(=O)Nc2cc(C(C)(C)C)cc(N)c2SCCN=C([O-])OC(C)(C)C)cc(C(=O)Nc2cc(C(C)(C)C)cc(N)c2SCCN=C([O-])OC(C)(C)C)c1. The average molecular weight is 965 g/mol. The summed E-state index contributed by atoms with van der Waals surface area (Å²) in [7, 11) is 0. The predicted molar refractivity (Wildman–Crippen MR) is 268 cm³/mol.